The first-order chi connectivity index (χ1) is 31.3. The summed E-state index contributed by atoms with van der Waals surface area (Å²) in [6.07, 6.45) is 0. The molecule has 5 heteroatoms. The van der Waals surface area contributed by atoms with Crippen molar-refractivity contribution in [2.24, 2.45) is 0 Å². The zero-order valence-electron chi connectivity index (χ0n) is 33.9. The predicted octanol–water partition coefficient (Wildman–Crippen LogP) is 14.9. The molecule has 0 saturated heterocycles. The van der Waals surface area contributed by atoms with Gasteiger partial charge >= 0.3 is 0 Å². The molecular weight excluding hydrogens is 767 g/mol. The molecule has 0 radical (unpaired) electrons. The Morgan fingerprint density at radius 1 is 0.286 bits per heavy atom. The molecule has 63 heavy (non-hydrogen) atoms. The Bertz CT molecular complexity index is 4210. The lowest BCUT2D eigenvalue weighted by molar-refractivity contribution is 1.01. The Balaban J connectivity index is 1.07. The van der Waals surface area contributed by atoms with Gasteiger partial charge in [0.2, 0.25) is 5.95 Å². The summed E-state index contributed by atoms with van der Waals surface area (Å²) in [4.78, 5) is 11.1. The summed E-state index contributed by atoms with van der Waals surface area (Å²) in [5.41, 5.74) is 11.9. The van der Waals surface area contributed by atoms with Crippen molar-refractivity contribution in [2.45, 2.75) is 0 Å². The van der Waals surface area contributed by atoms with E-state index in [0.717, 1.165) is 61.0 Å². The zero-order chi connectivity index (χ0) is 41.2. The molecule has 0 amide bonds. The molecule has 0 saturated carbocycles. The molecule has 0 aliphatic carbocycles. The Hall–Kier alpha value is -8.54. The third kappa shape index (κ3) is 4.82. The molecule has 14 aromatic rings. The van der Waals surface area contributed by atoms with Crippen LogP contribution in [0.25, 0.3) is 126 Å². The van der Waals surface area contributed by atoms with Crippen LogP contribution in [0.2, 0.25) is 0 Å². The maximum Gasteiger partial charge on any atom is 0.235 e. The molecule has 14 rings (SSSR count). The molecule has 0 unspecified atom stereocenters. The number of fused-ring (bicyclic) bond motifs is 14. The maximum atomic E-state index is 5.65. The molecule has 0 aliphatic rings. The quantitative estimate of drug-likeness (QED) is 0.178. The van der Waals surface area contributed by atoms with E-state index < -0.39 is 0 Å². The lowest BCUT2D eigenvalue weighted by atomic mass is 10.0. The minimum absolute atomic E-state index is 0.638. The highest BCUT2D eigenvalue weighted by atomic mass is 15.2. The largest absolute Gasteiger partial charge is 0.309 e. The highest BCUT2D eigenvalue weighted by Gasteiger charge is 2.23. The van der Waals surface area contributed by atoms with Crippen LogP contribution >= 0.6 is 0 Å². The Morgan fingerprint density at radius 2 is 0.794 bits per heavy atom. The number of hydrogen-bond donors (Lipinski definition) is 0. The first-order valence-electron chi connectivity index (χ1n) is 21.5. The molecular formula is C58H35N5. The van der Waals surface area contributed by atoms with E-state index in [1.54, 1.807) is 0 Å². The van der Waals surface area contributed by atoms with Gasteiger partial charge in [0.25, 0.3) is 0 Å². The van der Waals surface area contributed by atoms with Gasteiger partial charge in [-0.3, -0.25) is 4.57 Å². The Morgan fingerprint density at radius 3 is 1.52 bits per heavy atom. The minimum atomic E-state index is 0.638. The molecule has 5 nitrogen and oxygen atoms in total. The Kier molecular flexibility index (Phi) is 7.05. The maximum absolute atomic E-state index is 5.65. The van der Waals surface area contributed by atoms with E-state index in [4.69, 9.17) is 9.97 Å². The fourth-order valence-corrected chi connectivity index (χ4v) is 10.6. The van der Waals surface area contributed by atoms with E-state index in [1.807, 2.05) is 0 Å². The van der Waals surface area contributed by atoms with Crippen LogP contribution in [0.1, 0.15) is 0 Å². The monoisotopic (exact) mass is 801 g/mol. The van der Waals surface area contributed by atoms with E-state index in [-0.39, 0.29) is 0 Å². The number of para-hydroxylation sites is 4. The summed E-state index contributed by atoms with van der Waals surface area (Å²) >= 11 is 0. The third-order valence-electron chi connectivity index (χ3n) is 13.2. The number of hydrogen-bond acceptors (Lipinski definition) is 2. The SMILES string of the molecule is c1ccc(-n2c3ccccc3c3c(-c4nc(-n5c6ccc(-n7c8ccccc8c8c9ccccc9ccc87)cc6c6c7ccccc7ccc65)nc5ccccc45)cccc32)cc1. The molecule has 0 spiro atoms. The summed E-state index contributed by atoms with van der Waals surface area (Å²) in [6, 6.07) is 76.5. The van der Waals surface area contributed by atoms with Crippen LogP contribution in [-0.4, -0.2) is 23.7 Å². The smallest absolute Gasteiger partial charge is 0.235 e. The molecule has 0 aliphatic heterocycles. The van der Waals surface area contributed by atoms with Crippen molar-refractivity contribution < 1.29 is 0 Å². The van der Waals surface area contributed by atoms with Crippen LogP contribution in [0.5, 0.6) is 0 Å². The average Bonchev–Trinajstić information content (AvgIpc) is 4.00. The number of nitrogens with zero attached hydrogens (tertiary/aromatic N) is 5. The molecule has 4 heterocycles. The Labute approximate surface area is 360 Å². The molecule has 0 N–H and O–H groups in total. The van der Waals surface area contributed by atoms with E-state index in [9.17, 15) is 0 Å². The number of aromatic nitrogens is 5. The lowest BCUT2D eigenvalue weighted by Crippen LogP contribution is -2.04. The van der Waals surface area contributed by atoms with Crippen molar-refractivity contribution in [3.05, 3.63) is 212 Å². The molecule has 0 fully saturated rings. The van der Waals surface area contributed by atoms with Gasteiger partial charge in [0.1, 0.15) is 0 Å². The predicted molar refractivity (Wildman–Crippen MR) is 263 cm³/mol. The average molecular weight is 802 g/mol. The van der Waals surface area contributed by atoms with Crippen LogP contribution in [0, 0.1) is 0 Å². The van der Waals surface area contributed by atoms with Gasteiger partial charge in [-0.25, -0.2) is 9.97 Å². The highest BCUT2D eigenvalue weighted by Crippen LogP contribution is 2.43. The minimum Gasteiger partial charge on any atom is -0.309 e. The van der Waals surface area contributed by atoms with Gasteiger partial charge in [-0.05, 0) is 88.3 Å². The lowest BCUT2D eigenvalue weighted by Gasteiger charge is -2.13. The van der Waals surface area contributed by atoms with Crippen molar-refractivity contribution in [3.8, 4) is 28.6 Å². The van der Waals surface area contributed by atoms with Crippen molar-refractivity contribution in [1.29, 1.82) is 0 Å². The van der Waals surface area contributed by atoms with Gasteiger partial charge in [-0.15, -0.1) is 0 Å². The molecule has 292 valence electrons. The van der Waals surface area contributed by atoms with E-state index in [1.165, 1.54) is 59.5 Å². The van der Waals surface area contributed by atoms with Gasteiger partial charge in [0.05, 0.1) is 44.3 Å². The molecule has 0 atom stereocenters. The standard InChI is InChI=1S/C58H35N5/c1-2-17-38(18-3-1)61-48-26-12-10-23-44(48)56-45(24-14-28-51(56)61)57-42-21-8-11-25-47(42)59-58(60-57)63-50-34-31-39(35-46(50)55-41-20-7-5-16-37(41)30-33-53(55)63)62-49-27-13-9-22-43(49)54-40-19-6-4-15-36(40)29-32-52(54)62/h1-35H. The first-order valence-corrected chi connectivity index (χ1v) is 21.5. The van der Waals surface area contributed by atoms with Crippen LogP contribution in [-0.2, 0) is 0 Å². The topological polar surface area (TPSA) is 40.6 Å². The van der Waals surface area contributed by atoms with Crippen LogP contribution in [0.15, 0.2) is 212 Å². The highest BCUT2D eigenvalue weighted by molar-refractivity contribution is 6.24. The zero-order valence-corrected chi connectivity index (χ0v) is 33.9. The van der Waals surface area contributed by atoms with Gasteiger partial charge in [-0.1, -0.05) is 146 Å². The molecule has 4 aromatic heterocycles. The number of benzene rings is 10. The fraction of sp³-hybridized carbons (Fsp3) is 0. The second-order valence-corrected chi connectivity index (χ2v) is 16.5. The van der Waals surface area contributed by atoms with E-state index in [0.29, 0.717) is 5.95 Å². The summed E-state index contributed by atoms with van der Waals surface area (Å²) in [5.74, 6) is 0.638. The number of rotatable bonds is 4. The first kappa shape index (κ1) is 34.2. The van der Waals surface area contributed by atoms with Crippen LogP contribution in [0.4, 0.5) is 0 Å². The normalized spacial score (nSPS) is 12.1. The van der Waals surface area contributed by atoms with Gasteiger partial charge in [0.15, 0.2) is 0 Å². The fourth-order valence-electron chi connectivity index (χ4n) is 10.6. The van der Waals surface area contributed by atoms with Crippen molar-refractivity contribution in [3.63, 3.8) is 0 Å². The van der Waals surface area contributed by atoms with Crippen LogP contribution < -0.4 is 0 Å². The summed E-state index contributed by atoms with van der Waals surface area (Å²) in [6.45, 7) is 0. The van der Waals surface area contributed by atoms with Gasteiger partial charge in [0, 0.05) is 54.6 Å². The second-order valence-electron chi connectivity index (χ2n) is 16.5. The van der Waals surface area contributed by atoms with Gasteiger partial charge < -0.3 is 9.13 Å². The van der Waals surface area contributed by atoms with Crippen LogP contribution in [0.3, 0.4) is 0 Å². The van der Waals surface area contributed by atoms with Gasteiger partial charge in [-0.2, -0.15) is 0 Å². The summed E-state index contributed by atoms with van der Waals surface area (Å²) < 4.78 is 7.08. The molecule has 10 aromatic carbocycles. The van der Waals surface area contributed by atoms with E-state index in [2.05, 4.69) is 226 Å². The molecule has 0 bridgehead atoms. The van der Waals surface area contributed by atoms with Crippen molar-refractivity contribution in [1.82, 2.24) is 23.7 Å². The summed E-state index contributed by atoms with van der Waals surface area (Å²) in [5, 5.41) is 13.1. The summed E-state index contributed by atoms with van der Waals surface area (Å²) in [7, 11) is 0. The van der Waals surface area contributed by atoms with E-state index >= 15 is 0 Å². The van der Waals surface area contributed by atoms with Crippen molar-refractivity contribution in [2.75, 3.05) is 0 Å². The second kappa shape index (κ2) is 13.0. The third-order valence-corrected chi connectivity index (χ3v) is 13.2. The van der Waals surface area contributed by atoms with Crippen molar-refractivity contribution >= 4 is 97.9 Å².